The van der Waals surface area contributed by atoms with Gasteiger partial charge >= 0.3 is 0 Å². The minimum Gasteiger partial charge on any atom is -0.498 e. The van der Waals surface area contributed by atoms with E-state index in [1.165, 1.54) is 21.9 Å². The summed E-state index contributed by atoms with van der Waals surface area (Å²) in [6.07, 6.45) is 9.03. The molecule has 0 amide bonds. The predicted molar refractivity (Wildman–Crippen MR) is 221 cm³/mol. The van der Waals surface area contributed by atoms with Gasteiger partial charge in [0.15, 0.2) is 5.84 Å². The molecule has 260 valence electrons. The van der Waals surface area contributed by atoms with Crippen LogP contribution in [0.3, 0.4) is 0 Å². The molecule has 1 aliphatic heterocycles. The van der Waals surface area contributed by atoms with Gasteiger partial charge in [-0.3, -0.25) is 0 Å². The number of fused-ring (bicyclic) bond motifs is 3. The molecule has 5 aromatic carbocycles. The Kier molecular flexibility index (Phi) is 10.3. The number of nitrogens with zero attached hydrogens (tertiary/aromatic N) is 3. The monoisotopic (exact) mass is 682 g/mol. The van der Waals surface area contributed by atoms with Gasteiger partial charge in [-0.25, -0.2) is 9.98 Å². The van der Waals surface area contributed by atoms with Crippen molar-refractivity contribution < 1.29 is 4.74 Å². The Balaban J connectivity index is 1.25. The highest BCUT2D eigenvalue weighted by molar-refractivity contribution is 6.15. The van der Waals surface area contributed by atoms with E-state index in [0.717, 1.165) is 57.1 Å². The van der Waals surface area contributed by atoms with Crippen molar-refractivity contribution in [1.29, 1.82) is 0 Å². The van der Waals surface area contributed by atoms with E-state index in [1.807, 2.05) is 31.3 Å². The van der Waals surface area contributed by atoms with Gasteiger partial charge in [0.05, 0.1) is 23.4 Å². The lowest BCUT2D eigenvalue weighted by Gasteiger charge is -2.30. The average Bonchev–Trinajstić information content (AvgIpc) is 3.52. The third kappa shape index (κ3) is 7.00. The van der Waals surface area contributed by atoms with Gasteiger partial charge in [-0.05, 0) is 41.7 Å². The van der Waals surface area contributed by atoms with E-state index >= 15 is 0 Å². The Morgan fingerprint density at radius 1 is 0.788 bits per heavy atom. The SMILES string of the molecule is C=Cn1c2cc(-c3ccccc3)ccc2c2cccc(-c3ccc(C4=NC(c5ccccc5)=NC(C(/C=C\C=C(/CC)OCC)C(C)C)N4)cc3)c21. The summed E-state index contributed by atoms with van der Waals surface area (Å²) < 4.78 is 8.01. The molecular formula is C47H46N4O. The van der Waals surface area contributed by atoms with Gasteiger partial charge < -0.3 is 14.6 Å². The van der Waals surface area contributed by atoms with Crippen LogP contribution in [0, 0.1) is 11.8 Å². The molecule has 0 spiro atoms. The van der Waals surface area contributed by atoms with Crippen LogP contribution in [0.4, 0.5) is 0 Å². The number of benzene rings is 5. The van der Waals surface area contributed by atoms with Crippen molar-refractivity contribution in [3.05, 3.63) is 163 Å². The van der Waals surface area contributed by atoms with Crippen molar-refractivity contribution in [2.45, 2.75) is 40.3 Å². The summed E-state index contributed by atoms with van der Waals surface area (Å²) in [6.45, 7) is 13.5. The van der Waals surface area contributed by atoms with E-state index in [0.29, 0.717) is 12.5 Å². The second kappa shape index (κ2) is 15.5. The number of hydrogen-bond acceptors (Lipinski definition) is 4. The summed E-state index contributed by atoms with van der Waals surface area (Å²) in [4.78, 5) is 10.3. The fraction of sp³-hybridized carbons (Fsp3) is 0.191. The normalized spacial score (nSPS) is 15.5. The smallest absolute Gasteiger partial charge is 0.159 e. The van der Waals surface area contributed by atoms with E-state index in [-0.39, 0.29) is 12.1 Å². The minimum absolute atomic E-state index is 0.125. The van der Waals surface area contributed by atoms with Gasteiger partial charge in [0.2, 0.25) is 0 Å². The van der Waals surface area contributed by atoms with E-state index in [1.54, 1.807) is 0 Å². The summed E-state index contributed by atoms with van der Waals surface area (Å²) in [7, 11) is 0. The molecule has 2 unspecified atom stereocenters. The van der Waals surface area contributed by atoms with Gasteiger partial charge in [0, 0.05) is 46.0 Å². The van der Waals surface area contributed by atoms with Crippen molar-refractivity contribution in [3.63, 3.8) is 0 Å². The molecule has 2 heterocycles. The van der Waals surface area contributed by atoms with E-state index in [2.05, 4.69) is 159 Å². The molecule has 5 nitrogen and oxygen atoms in total. The fourth-order valence-electron chi connectivity index (χ4n) is 7.10. The first-order valence-electron chi connectivity index (χ1n) is 18.3. The lowest BCUT2D eigenvalue weighted by atomic mass is 9.91. The van der Waals surface area contributed by atoms with Gasteiger partial charge in [0.1, 0.15) is 12.0 Å². The molecule has 6 aromatic rings. The number of allylic oxidation sites excluding steroid dienone is 3. The van der Waals surface area contributed by atoms with E-state index < -0.39 is 0 Å². The largest absolute Gasteiger partial charge is 0.498 e. The molecule has 1 aliphatic rings. The van der Waals surface area contributed by atoms with Gasteiger partial charge in [-0.1, -0.05) is 155 Å². The average molecular weight is 683 g/mol. The molecule has 7 rings (SSSR count). The van der Waals surface area contributed by atoms with E-state index in [4.69, 9.17) is 14.7 Å². The summed E-state index contributed by atoms with van der Waals surface area (Å²) in [5, 5.41) is 6.13. The Hall–Kier alpha value is -5.94. The number of nitrogens with one attached hydrogen (secondary N) is 1. The number of ether oxygens (including phenoxy) is 1. The van der Waals surface area contributed by atoms with Gasteiger partial charge in [0.25, 0.3) is 0 Å². The van der Waals surface area contributed by atoms with Gasteiger partial charge in [-0.15, -0.1) is 0 Å². The molecule has 1 aromatic heterocycles. The van der Waals surface area contributed by atoms with Crippen LogP contribution in [0.5, 0.6) is 0 Å². The molecule has 0 saturated heterocycles. The zero-order valence-corrected chi connectivity index (χ0v) is 30.5. The molecule has 5 heteroatoms. The highest BCUT2D eigenvalue weighted by Crippen LogP contribution is 2.38. The van der Waals surface area contributed by atoms with Gasteiger partial charge in [-0.2, -0.15) is 0 Å². The number of para-hydroxylation sites is 1. The Morgan fingerprint density at radius 2 is 1.48 bits per heavy atom. The second-order valence-corrected chi connectivity index (χ2v) is 13.4. The second-order valence-electron chi connectivity index (χ2n) is 13.4. The maximum Gasteiger partial charge on any atom is 0.159 e. The zero-order valence-electron chi connectivity index (χ0n) is 30.5. The van der Waals surface area contributed by atoms with Crippen LogP contribution in [-0.2, 0) is 4.74 Å². The number of aromatic nitrogens is 1. The molecule has 0 saturated carbocycles. The maximum absolute atomic E-state index is 5.78. The van der Waals surface area contributed by atoms with Crippen LogP contribution in [0.25, 0.3) is 50.3 Å². The summed E-state index contributed by atoms with van der Waals surface area (Å²) >= 11 is 0. The molecule has 0 aliphatic carbocycles. The quantitative estimate of drug-likeness (QED) is 0.103. The maximum atomic E-state index is 5.78. The number of hydrogen-bond donors (Lipinski definition) is 1. The Labute approximate surface area is 307 Å². The molecule has 0 bridgehead atoms. The van der Waals surface area contributed by atoms with Crippen LogP contribution in [0.1, 0.15) is 45.2 Å². The van der Waals surface area contributed by atoms with Crippen molar-refractivity contribution in [2.75, 3.05) is 6.61 Å². The van der Waals surface area contributed by atoms with Crippen molar-refractivity contribution in [3.8, 4) is 22.3 Å². The molecule has 2 atom stereocenters. The first-order chi connectivity index (χ1) is 25.5. The summed E-state index contributed by atoms with van der Waals surface area (Å²) in [6, 6.07) is 42.8. The third-order valence-corrected chi connectivity index (χ3v) is 9.81. The Morgan fingerprint density at radius 3 is 2.15 bits per heavy atom. The molecular weight excluding hydrogens is 637 g/mol. The zero-order chi connectivity index (χ0) is 36.0. The number of rotatable bonds is 12. The first-order valence-corrected chi connectivity index (χ1v) is 18.3. The summed E-state index contributed by atoms with van der Waals surface area (Å²) in [5.74, 6) is 2.99. The molecule has 0 radical (unpaired) electrons. The molecule has 52 heavy (non-hydrogen) atoms. The third-order valence-electron chi connectivity index (χ3n) is 9.81. The number of amidine groups is 2. The van der Waals surface area contributed by atoms with Crippen LogP contribution in [0.15, 0.2) is 162 Å². The predicted octanol–water partition coefficient (Wildman–Crippen LogP) is 11.5. The highest BCUT2D eigenvalue weighted by atomic mass is 16.5. The molecule has 1 N–H and O–H groups in total. The number of aliphatic imine (C=N–C) groups is 2. The Bertz CT molecular complexity index is 2310. The lowest BCUT2D eigenvalue weighted by molar-refractivity contribution is 0.221. The standard InChI is InChI=1S/C47H46N4O/c1-6-38(52-8-3)21-15-22-39(32(4)5)47-49-45(35-19-13-10-14-20-35)48-46(50-47)36-27-25-34(26-28-36)40-23-16-24-42-41-30-29-37(33-17-11-9-12-18-33)31-43(41)51(7-2)44(40)42/h7,9-32,39,47H,2,6,8H2,1,3-5H3,(H,48,49,50)/b22-15-,38-21+. The van der Waals surface area contributed by atoms with Crippen LogP contribution in [-0.4, -0.2) is 29.0 Å². The van der Waals surface area contributed by atoms with E-state index in [9.17, 15) is 0 Å². The first kappa shape index (κ1) is 34.5. The van der Waals surface area contributed by atoms with Crippen molar-refractivity contribution in [2.24, 2.45) is 21.8 Å². The van der Waals surface area contributed by atoms with Crippen molar-refractivity contribution >= 4 is 39.7 Å². The van der Waals surface area contributed by atoms with Crippen LogP contribution in [0.2, 0.25) is 0 Å². The fourth-order valence-corrected chi connectivity index (χ4v) is 7.10. The summed E-state index contributed by atoms with van der Waals surface area (Å²) in [5.41, 5.74) is 8.96. The van der Waals surface area contributed by atoms with Crippen LogP contribution >= 0.6 is 0 Å². The van der Waals surface area contributed by atoms with Crippen molar-refractivity contribution in [1.82, 2.24) is 9.88 Å². The topological polar surface area (TPSA) is 50.9 Å². The van der Waals surface area contributed by atoms with Crippen LogP contribution < -0.4 is 5.32 Å². The molecule has 0 fully saturated rings. The highest BCUT2D eigenvalue weighted by Gasteiger charge is 2.27. The minimum atomic E-state index is -0.193. The lowest BCUT2D eigenvalue weighted by Crippen LogP contribution is -2.44.